The van der Waals surface area contributed by atoms with Gasteiger partial charge in [0.2, 0.25) is 0 Å². The van der Waals surface area contributed by atoms with Crippen molar-refractivity contribution in [2.75, 3.05) is 5.88 Å². The summed E-state index contributed by atoms with van der Waals surface area (Å²) < 4.78 is 0. The Balaban J connectivity index is 2.38. The van der Waals surface area contributed by atoms with Crippen LogP contribution < -0.4 is 5.32 Å². The third kappa shape index (κ3) is 1.31. The van der Waals surface area contributed by atoms with Crippen molar-refractivity contribution in [2.45, 2.75) is 4.90 Å². The van der Waals surface area contributed by atoms with E-state index in [4.69, 9.17) is 0 Å². The number of rotatable bonds is 0. The number of nitrogens with one attached hydrogen (secondary N) is 1. The third-order valence-corrected chi connectivity index (χ3v) is 3.59. The molecule has 0 radical (unpaired) electrons. The highest BCUT2D eigenvalue weighted by molar-refractivity contribution is 7.99. The van der Waals surface area contributed by atoms with Crippen LogP contribution in [0.2, 0.25) is 0 Å². The van der Waals surface area contributed by atoms with E-state index in [1.165, 1.54) is 10.8 Å². The Labute approximate surface area is 91.7 Å². The molecule has 2 aromatic carbocycles. The van der Waals surface area contributed by atoms with Crippen LogP contribution in [0.3, 0.4) is 0 Å². The van der Waals surface area contributed by atoms with Gasteiger partial charge in [0.15, 0.2) is 0 Å². The Bertz CT molecular complexity index is 550. The standard InChI is InChI=1S/C12H9NOS/c14-12-10-6-5-8-3-1-2-4-9(8)11(10)15-7-13-12/h1-6H,7H2,(H,13,14). The molecule has 0 spiro atoms. The monoisotopic (exact) mass is 215 g/mol. The van der Waals surface area contributed by atoms with E-state index in [2.05, 4.69) is 17.4 Å². The molecule has 1 heterocycles. The summed E-state index contributed by atoms with van der Waals surface area (Å²) in [6, 6.07) is 12.1. The molecular formula is C12H9NOS. The van der Waals surface area contributed by atoms with Gasteiger partial charge in [0.25, 0.3) is 5.91 Å². The summed E-state index contributed by atoms with van der Waals surface area (Å²) in [6.45, 7) is 0. The minimum Gasteiger partial charge on any atom is -0.343 e. The van der Waals surface area contributed by atoms with Crippen LogP contribution in [0.4, 0.5) is 0 Å². The van der Waals surface area contributed by atoms with Crippen LogP contribution in [0, 0.1) is 0 Å². The Hall–Kier alpha value is -1.48. The average Bonchev–Trinajstić information content (AvgIpc) is 2.29. The number of carbonyl (C=O) groups is 1. The minimum absolute atomic E-state index is 0.0366. The van der Waals surface area contributed by atoms with E-state index in [1.807, 2.05) is 24.3 Å². The molecule has 15 heavy (non-hydrogen) atoms. The van der Waals surface area contributed by atoms with Crippen molar-refractivity contribution in [3.63, 3.8) is 0 Å². The van der Waals surface area contributed by atoms with Gasteiger partial charge in [-0.05, 0) is 16.8 Å². The second-order valence-corrected chi connectivity index (χ2v) is 4.44. The lowest BCUT2D eigenvalue weighted by Gasteiger charge is -2.17. The highest BCUT2D eigenvalue weighted by Gasteiger charge is 2.18. The molecule has 1 N–H and O–H groups in total. The Morgan fingerprint density at radius 2 is 2.00 bits per heavy atom. The number of hydrogen-bond acceptors (Lipinski definition) is 2. The Kier molecular flexibility index (Phi) is 1.92. The molecule has 0 atom stereocenters. The van der Waals surface area contributed by atoms with E-state index in [9.17, 15) is 4.79 Å². The zero-order valence-electron chi connectivity index (χ0n) is 7.99. The molecule has 0 bridgehead atoms. The second kappa shape index (κ2) is 3.28. The van der Waals surface area contributed by atoms with Crippen molar-refractivity contribution in [1.29, 1.82) is 0 Å². The first kappa shape index (κ1) is 8.80. The van der Waals surface area contributed by atoms with E-state index in [0.717, 1.165) is 10.5 Å². The molecule has 0 aromatic heterocycles. The maximum atomic E-state index is 11.6. The molecular weight excluding hydrogens is 206 g/mol. The lowest BCUT2D eigenvalue weighted by Crippen LogP contribution is -2.27. The molecule has 1 amide bonds. The summed E-state index contributed by atoms with van der Waals surface area (Å²) in [5, 5.41) is 5.20. The van der Waals surface area contributed by atoms with Gasteiger partial charge in [0.1, 0.15) is 0 Å². The van der Waals surface area contributed by atoms with Crippen LogP contribution >= 0.6 is 11.8 Å². The molecule has 1 aliphatic rings. The third-order valence-electron chi connectivity index (χ3n) is 2.57. The SMILES string of the molecule is O=C1NCSc2c1ccc1ccccc21. The molecule has 0 aliphatic carbocycles. The first-order valence-corrected chi connectivity index (χ1v) is 5.77. The molecule has 3 heteroatoms. The van der Waals surface area contributed by atoms with Gasteiger partial charge in [-0.1, -0.05) is 30.3 Å². The van der Waals surface area contributed by atoms with Gasteiger partial charge in [-0.25, -0.2) is 0 Å². The Morgan fingerprint density at radius 3 is 2.93 bits per heavy atom. The predicted molar refractivity (Wildman–Crippen MR) is 62.1 cm³/mol. The average molecular weight is 215 g/mol. The van der Waals surface area contributed by atoms with E-state index in [1.54, 1.807) is 11.8 Å². The maximum absolute atomic E-state index is 11.6. The van der Waals surface area contributed by atoms with Gasteiger partial charge in [0, 0.05) is 4.90 Å². The molecule has 1 aliphatic heterocycles. The number of thioether (sulfide) groups is 1. The molecule has 74 valence electrons. The van der Waals surface area contributed by atoms with Crippen molar-refractivity contribution in [3.8, 4) is 0 Å². The van der Waals surface area contributed by atoms with Gasteiger partial charge in [-0.15, -0.1) is 11.8 Å². The van der Waals surface area contributed by atoms with E-state index >= 15 is 0 Å². The number of amides is 1. The normalized spacial score (nSPS) is 14.8. The maximum Gasteiger partial charge on any atom is 0.253 e. The van der Waals surface area contributed by atoms with Crippen LogP contribution in [0.1, 0.15) is 10.4 Å². The smallest absolute Gasteiger partial charge is 0.253 e. The lowest BCUT2D eigenvalue weighted by atomic mass is 10.1. The predicted octanol–water partition coefficient (Wildman–Crippen LogP) is 2.63. The van der Waals surface area contributed by atoms with Crippen LogP contribution in [0.5, 0.6) is 0 Å². The molecule has 3 rings (SSSR count). The van der Waals surface area contributed by atoms with Gasteiger partial charge in [0.05, 0.1) is 11.4 Å². The number of hydrogen-bond donors (Lipinski definition) is 1. The fraction of sp³-hybridized carbons (Fsp3) is 0.0833. The summed E-state index contributed by atoms with van der Waals surface area (Å²) >= 11 is 1.69. The Morgan fingerprint density at radius 1 is 1.13 bits per heavy atom. The lowest BCUT2D eigenvalue weighted by molar-refractivity contribution is 0.0956. The van der Waals surface area contributed by atoms with Crippen molar-refractivity contribution in [3.05, 3.63) is 42.0 Å². The first-order valence-electron chi connectivity index (χ1n) is 4.79. The first-order chi connectivity index (χ1) is 7.36. The summed E-state index contributed by atoms with van der Waals surface area (Å²) in [4.78, 5) is 12.7. The highest BCUT2D eigenvalue weighted by atomic mass is 32.2. The zero-order valence-corrected chi connectivity index (χ0v) is 8.80. The van der Waals surface area contributed by atoms with E-state index in [-0.39, 0.29) is 5.91 Å². The van der Waals surface area contributed by atoms with Crippen molar-refractivity contribution < 1.29 is 4.79 Å². The molecule has 0 saturated carbocycles. The van der Waals surface area contributed by atoms with Crippen LogP contribution in [0.25, 0.3) is 10.8 Å². The second-order valence-electron chi connectivity index (χ2n) is 3.46. The van der Waals surface area contributed by atoms with Gasteiger partial charge < -0.3 is 5.32 Å². The van der Waals surface area contributed by atoms with Gasteiger partial charge in [-0.2, -0.15) is 0 Å². The fourth-order valence-electron chi connectivity index (χ4n) is 1.85. The van der Waals surface area contributed by atoms with Gasteiger partial charge >= 0.3 is 0 Å². The number of benzene rings is 2. The minimum atomic E-state index is 0.0366. The largest absolute Gasteiger partial charge is 0.343 e. The molecule has 0 unspecified atom stereocenters. The molecule has 0 saturated heterocycles. The molecule has 0 fully saturated rings. The highest BCUT2D eigenvalue weighted by Crippen LogP contribution is 2.33. The van der Waals surface area contributed by atoms with Crippen molar-refractivity contribution in [2.24, 2.45) is 0 Å². The zero-order chi connectivity index (χ0) is 10.3. The summed E-state index contributed by atoms with van der Waals surface area (Å²) in [6.07, 6.45) is 0. The van der Waals surface area contributed by atoms with Gasteiger partial charge in [-0.3, -0.25) is 4.79 Å². The van der Waals surface area contributed by atoms with Crippen molar-refractivity contribution in [1.82, 2.24) is 5.32 Å². The van der Waals surface area contributed by atoms with Crippen LogP contribution in [-0.4, -0.2) is 11.8 Å². The van der Waals surface area contributed by atoms with E-state index < -0.39 is 0 Å². The topological polar surface area (TPSA) is 29.1 Å². The number of fused-ring (bicyclic) bond motifs is 3. The summed E-state index contributed by atoms with van der Waals surface area (Å²) in [5.41, 5.74) is 0.796. The van der Waals surface area contributed by atoms with Crippen LogP contribution in [0.15, 0.2) is 41.3 Å². The quantitative estimate of drug-likeness (QED) is 0.732. The summed E-state index contributed by atoms with van der Waals surface area (Å²) in [5.74, 6) is 0.703. The van der Waals surface area contributed by atoms with E-state index in [0.29, 0.717) is 5.88 Å². The molecule has 2 nitrogen and oxygen atoms in total. The fourth-order valence-corrected chi connectivity index (χ4v) is 2.85. The summed E-state index contributed by atoms with van der Waals surface area (Å²) in [7, 11) is 0. The molecule has 2 aromatic rings. The van der Waals surface area contributed by atoms with Crippen molar-refractivity contribution >= 4 is 28.4 Å². The van der Waals surface area contributed by atoms with Crippen LogP contribution in [-0.2, 0) is 0 Å². The number of carbonyl (C=O) groups excluding carboxylic acids is 1.